The third-order valence-corrected chi connectivity index (χ3v) is 2.30. The Bertz CT molecular complexity index is 442. The van der Waals surface area contributed by atoms with Gasteiger partial charge in [-0.05, 0) is 13.0 Å². The third-order valence-electron chi connectivity index (χ3n) is 1.98. The van der Waals surface area contributed by atoms with E-state index in [1.807, 2.05) is 0 Å². The van der Waals surface area contributed by atoms with Gasteiger partial charge in [-0.3, -0.25) is 10.1 Å². The summed E-state index contributed by atoms with van der Waals surface area (Å²) in [5, 5.41) is 22.3. The molecule has 0 aliphatic carbocycles. The largest absolute Gasteiger partial charge is 0.383 e. The average molecular weight is 240 g/mol. The molecule has 0 spiro atoms. The second-order valence-corrected chi connectivity index (χ2v) is 3.74. The molecule has 0 aliphatic rings. The van der Waals surface area contributed by atoms with Crippen LogP contribution in [0.15, 0.2) is 18.2 Å². The van der Waals surface area contributed by atoms with Gasteiger partial charge >= 0.3 is 0 Å². The smallest absolute Gasteiger partial charge is 0.271 e. The number of rotatable bonds is 4. The minimum Gasteiger partial charge on any atom is -0.383 e. The molecule has 0 amide bonds. The van der Waals surface area contributed by atoms with Crippen LogP contribution in [-0.2, 0) is 0 Å². The van der Waals surface area contributed by atoms with Crippen LogP contribution in [0.3, 0.4) is 0 Å². The Morgan fingerprint density at radius 2 is 2.38 bits per heavy atom. The van der Waals surface area contributed by atoms with Crippen LogP contribution in [0.1, 0.15) is 6.92 Å². The molecule has 1 rings (SSSR count). The molecule has 0 heterocycles. The van der Waals surface area contributed by atoms with E-state index in [4.69, 9.17) is 16.9 Å². The minimum atomic E-state index is -0.506. The third kappa shape index (κ3) is 3.11. The fraction of sp³-hybridized carbons (Fsp3) is 0.300. The monoisotopic (exact) mass is 239 g/mol. The number of non-ortho nitro benzene ring substituents is 1. The summed E-state index contributed by atoms with van der Waals surface area (Å²) in [5.74, 6) is -0.147. The van der Waals surface area contributed by atoms with Crippen molar-refractivity contribution in [2.45, 2.75) is 6.92 Å². The van der Waals surface area contributed by atoms with Gasteiger partial charge in [-0.1, -0.05) is 11.6 Å². The lowest BCUT2D eigenvalue weighted by Gasteiger charge is -2.08. The molecule has 84 valence electrons. The van der Waals surface area contributed by atoms with Gasteiger partial charge in [0.2, 0.25) is 0 Å². The topological polar surface area (TPSA) is 79.0 Å². The summed E-state index contributed by atoms with van der Waals surface area (Å²) >= 11 is 5.85. The maximum atomic E-state index is 10.5. The number of nitro benzene ring substituents is 1. The van der Waals surface area contributed by atoms with E-state index in [0.29, 0.717) is 12.2 Å². The first-order valence-electron chi connectivity index (χ1n) is 4.62. The van der Waals surface area contributed by atoms with Gasteiger partial charge in [0.15, 0.2) is 0 Å². The van der Waals surface area contributed by atoms with Crippen LogP contribution in [0.4, 0.5) is 11.4 Å². The number of hydrogen-bond donors (Lipinski definition) is 1. The highest BCUT2D eigenvalue weighted by molar-refractivity contribution is 6.33. The lowest BCUT2D eigenvalue weighted by atomic mass is 10.2. The highest BCUT2D eigenvalue weighted by Gasteiger charge is 2.09. The highest BCUT2D eigenvalue weighted by Crippen LogP contribution is 2.26. The first kappa shape index (κ1) is 12.3. The van der Waals surface area contributed by atoms with Crippen molar-refractivity contribution in [3.63, 3.8) is 0 Å². The Morgan fingerprint density at radius 1 is 1.69 bits per heavy atom. The molecule has 1 atom stereocenters. The molecule has 16 heavy (non-hydrogen) atoms. The summed E-state index contributed by atoms with van der Waals surface area (Å²) < 4.78 is 0. The fourth-order valence-corrected chi connectivity index (χ4v) is 1.31. The lowest BCUT2D eigenvalue weighted by molar-refractivity contribution is -0.384. The van der Waals surface area contributed by atoms with E-state index in [0.717, 1.165) is 0 Å². The van der Waals surface area contributed by atoms with Gasteiger partial charge in [-0.25, -0.2) is 0 Å². The van der Waals surface area contributed by atoms with Gasteiger partial charge in [-0.15, -0.1) is 0 Å². The van der Waals surface area contributed by atoms with E-state index >= 15 is 0 Å². The van der Waals surface area contributed by atoms with Crippen LogP contribution in [0, 0.1) is 27.4 Å². The van der Waals surface area contributed by atoms with Crippen LogP contribution in [0.2, 0.25) is 5.02 Å². The zero-order valence-corrected chi connectivity index (χ0v) is 9.36. The van der Waals surface area contributed by atoms with E-state index in [-0.39, 0.29) is 16.6 Å². The Kier molecular flexibility index (Phi) is 4.09. The van der Waals surface area contributed by atoms with Crippen LogP contribution >= 0.6 is 11.6 Å². The standard InChI is InChI=1S/C10H10ClN3O2/c1-7(5-12)6-13-10-3-2-8(14(15)16)4-9(10)11/h2-4,7,13H,6H2,1H3. The maximum Gasteiger partial charge on any atom is 0.271 e. The molecule has 1 unspecified atom stereocenters. The van der Waals surface area contributed by atoms with Crippen molar-refractivity contribution in [1.82, 2.24) is 0 Å². The molecule has 1 aromatic rings. The van der Waals surface area contributed by atoms with E-state index in [9.17, 15) is 10.1 Å². The summed E-state index contributed by atoms with van der Waals surface area (Å²) in [5.41, 5.74) is 0.540. The van der Waals surface area contributed by atoms with Crippen LogP contribution in [-0.4, -0.2) is 11.5 Å². The van der Waals surface area contributed by atoms with Gasteiger partial charge in [0, 0.05) is 18.7 Å². The molecule has 5 nitrogen and oxygen atoms in total. The molecule has 0 radical (unpaired) electrons. The van der Waals surface area contributed by atoms with Crippen LogP contribution in [0.25, 0.3) is 0 Å². The van der Waals surface area contributed by atoms with Crippen LogP contribution < -0.4 is 5.32 Å². The quantitative estimate of drug-likeness (QED) is 0.647. The van der Waals surface area contributed by atoms with E-state index < -0.39 is 4.92 Å². The van der Waals surface area contributed by atoms with Gasteiger partial charge in [0.1, 0.15) is 0 Å². The zero-order chi connectivity index (χ0) is 12.1. The number of nitrogens with zero attached hydrogens (tertiary/aromatic N) is 2. The minimum absolute atomic E-state index is 0.0520. The van der Waals surface area contributed by atoms with E-state index in [1.54, 1.807) is 6.92 Å². The molecule has 6 heteroatoms. The second kappa shape index (κ2) is 5.33. The molecule has 0 aliphatic heterocycles. The van der Waals surface area contributed by atoms with Crippen LogP contribution in [0.5, 0.6) is 0 Å². The SMILES string of the molecule is CC(C#N)CNc1ccc([N+](=O)[O-])cc1Cl. The summed E-state index contributed by atoms with van der Waals surface area (Å²) in [4.78, 5) is 9.95. The van der Waals surface area contributed by atoms with Crippen molar-refractivity contribution in [1.29, 1.82) is 5.26 Å². The van der Waals surface area contributed by atoms with Crippen molar-refractivity contribution in [2.75, 3.05) is 11.9 Å². The van der Waals surface area contributed by atoms with Crippen molar-refractivity contribution in [3.05, 3.63) is 33.3 Å². The molecule has 0 saturated carbocycles. The highest BCUT2D eigenvalue weighted by atomic mass is 35.5. The summed E-state index contributed by atoms with van der Waals surface area (Å²) in [6.07, 6.45) is 0. The van der Waals surface area contributed by atoms with Crippen molar-refractivity contribution >= 4 is 23.0 Å². The normalized spacial score (nSPS) is 11.6. The average Bonchev–Trinajstić information content (AvgIpc) is 2.26. The summed E-state index contributed by atoms with van der Waals surface area (Å²) in [6.45, 7) is 2.22. The van der Waals surface area contributed by atoms with E-state index in [1.165, 1.54) is 18.2 Å². The molecule has 0 saturated heterocycles. The summed E-state index contributed by atoms with van der Waals surface area (Å²) in [7, 11) is 0. The second-order valence-electron chi connectivity index (χ2n) is 3.33. The molecule has 1 aromatic carbocycles. The summed E-state index contributed by atoms with van der Waals surface area (Å²) in [6, 6.07) is 6.25. The Morgan fingerprint density at radius 3 is 2.88 bits per heavy atom. The first-order valence-corrected chi connectivity index (χ1v) is 5.00. The predicted molar refractivity (Wildman–Crippen MR) is 61.4 cm³/mol. The maximum absolute atomic E-state index is 10.5. The fourth-order valence-electron chi connectivity index (χ4n) is 1.07. The first-order chi connectivity index (χ1) is 7.54. The number of benzene rings is 1. The molecular formula is C10H10ClN3O2. The number of anilines is 1. The van der Waals surface area contributed by atoms with Crippen molar-refractivity contribution < 1.29 is 4.92 Å². The number of nitrogens with one attached hydrogen (secondary N) is 1. The Balaban J connectivity index is 2.76. The number of nitriles is 1. The molecule has 0 bridgehead atoms. The molecule has 1 N–H and O–H groups in total. The molecule has 0 aromatic heterocycles. The Hall–Kier alpha value is -1.80. The van der Waals surface area contributed by atoms with Gasteiger partial charge in [0.25, 0.3) is 5.69 Å². The van der Waals surface area contributed by atoms with Crippen molar-refractivity contribution in [3.8, 4) is 6.07 Å². The number of halogens is 1. The van der Waals surface area contributed by atoms with Gasteiger partial charge < -0.3 is 5.32 Å². The van der Waals surface area contributed by atoms with E-state index in [2.05, 4.69) is 11.4 Å². The molecule has 0 fully saturated rings. The predicted octanol–water partition coefficient (Wildman–Crippen LogP) is 2.82. The van der Waals surface area contributed by atoms with Gasteiger partial charge in [0.05, 0.1) is 27.6 Å². The Labute approximate surface area is 97.8 Å². The lowest BCUT2D eigenvalue weighted by Crippen LogP contribution is -2.09. The van der Waals surface area contributed by atoms with Gasteiger partial charge in [-0.2, -0.15) is 5.26 Å². The zero-order valence-electron chi connectivity index (χ0n) is 8.61. The number of hydrogen-bond acceptors (Lipinski definition) is 4. The number of nitro groups is 1. The molecular weight excluding hydrogens is 230 g/mol. The van der Waals surface area contributed by atoms with Crippen molar-refractivity contribution in [2.24, 2.45) is 5.92 Å².